The van der Waals surface area contributed by atoms with Crippen LogP contribution in [0.2, 0.25) is 0 Å². The molecule has 21 heavy (non-hydrogen) atoms. The smallest absolute Gasteiger partial charge is 0.307 e. The summed E-state index contributed by atoms with van der Waals surface area (Å²) in [7, 11) is 0. The fourth-order valence-corrected chi connectivity index (χ4v) is 2.12. The first-order valence-electron chi connectivity index (χ1n) is 6.49. The molecule has 0 amide bonds. The van der Waals surface area contributed by atoms with Crippen molar-refractivity contribution in [3.05, 3.63) is 67.2 Å². The molecule has 2 N–H and O–H groups in total. The van der Waals surface area contributed by atoms with Gasteiger partial charge in [0.1, 0.15) is 0 Å². The van der Waals surface area contributed by atoms with Crippen molar-refractivity contribution < 1.29 is 9.90 Å². The first-order valence-corrected chi connectivity index (χ1v) is 6.49. The number of rotatable bonds is 4. The molecule has 2 rings (SSSR count). The van der Waals surface area contributed by atoms with E-state index in [1.807, 2.05) is 0 Å². The summed E-state index contributed by atoms with van der Waals surface area (Å²) < 4.78 is 1.21. The Bertz CT molecular complexity index is 802. The molecule has 0 radical (unpaired) electrons. The Balaban J connectivity index is 2.47. The Kier molecular flexibility index (Phi) is 4.07. The lowest BCUT2D eigenvalue weighted by molar-refractivity contribution is -0.136. The van der Waals surface area contributed by atoms with E-state index in [0.717, 1.165) is 0 Å². The summed E-state index contributed by atoms with van der Waals surface area (Å²) in [6.45, 7) is 3.34. The number of hydrogen-bond donors (Lipinski definition) is 2. The van der Waals surface area contributed by atoms with Gasteiger partial charge in [-0.2, -0.15) is 0 Å². The first kappa shape index (κ1) is 14.8. The number of aliphatic carboxylic acids is 1. The fourth-order valence-electron chi connectivity index (χ4n) is 2.12. The maximum absolute atomic E-state index is 12.2. The van der Waals surface area contributed by atoms with Crippen molar-refractivity contribution >= 4 is 5.97 Å². The van der Waals surface area contributed by atoms with Gasteiger partial charge in [-0.25, -0.2) is 4.68 Å². The van der Waals surface area contributed by atoms with Gasteiger partial charge in [-0.3, -0.25) is 19.5 Å². The maximum Gasteiger partial charge on any atom is 0.307 e. The van der Waals surface area contributed by atoms with Crippen molar-refractivity contribution in [3.8, 4) is 0 Å². The molecule has 0 spiro atoms. The van der Waals surface area contributed by atoms with E-state index in [1.165, 1.54) is 4.68 Å². The highest BCUT2D eigenvalue weighted by Gasteiger charge is 2.11. The Morgan fingerprint density at radius 2 is 1.76 bits per heavy atom. The topological polar surface area (TPSA) is 92.2 Å². The molecule has 0 bridgehead atoms. The maximum atomic E-state index is 12.2. The molecule has 0 aliphatic heterocycles. The molecule has 0 aliphatic carbocycles. The summed E-state index contributed by atoms with van der Waals surface area (Å²) in [6, 6.07) is 6.96. The minimum atomic E-state index is -0.941. The lowest BCUT2D eigenvalue weighted by Gasteiger charge is -2.11. The molecule has 1 aromatic carbocycles. The van der Waals surface area contributed by atoms with Gasteiger partial charge in [0.05, 0.1) is 13.0 Å². The van der Waals surface area contributed by atoms with Crippen LogP contribution >= 0.6 is 0 Å². The van der Waals surface area contributed by atoms with Crippen LogP contribution in [-0.2, 0) is 17.8 Å². The van der Waals surface area contributed by atoms with Crippen molar-refractivity contribution in [1.82, 2.24) is 9.78 Å². The molecule has 0 atom stereocenters. The average molecular weight is 288 g/mol. The Morgan fingerprint density at radius 1 is 1.14 bits per heavy atom. The summed E-state index contributed by atoms with van der Waals surface area (Å²) in [5, 5.41) is 11.4. The summed E-state index contributed by atoms with van der Waals surface area (Å²) in [4.78, 5) is 34.8. The van der Waals surface area contributed by atoms with Crippen molar-refractivity contribution in [2.24, 2.45) is 0 Å². The van der Waals surface area contributed by atoms with Crippen LogP contribution in [0.5, 0.6) is 0 Å². The number of aromatic nitrogens is 2. The van der Waals surface area contributed by atoms with Crippen molar-refractivity contribution in [3.63, 3.8) is 0 Å². The van der Waals surface area contributed by atoms with E-state index in [-0.39, 0.29) is 24.1 Å². The van der Waals surface area contributed by atoms with Gasteiger partial charge in [-0.05, 0) is 25.0 Å². The van der Waals surface area contributed by atoms with E-state index in [1.54, 1.807) is 38.1 Å². The third-order valence-corrected chi connectivity index (χ3v) is 3.49. The molecule has 6 heteroatoms. The third-order valence-electron chi connectivity index (χ3n) is 3.49. The second kappa shape index (κ2) is 5.78. The Labute approximate surface area is 120 Å². The predicted octanol–water partition coefficient (Wildman–Crippen LogP) is 0.829. The first-order chi connectivity index (χ1) is 9.90. The van der Waals surface area contributed by atoms with Gasteiger partial charge >= 0.3 is 5.97 Å². The van der Waals surface area contributed by atoms with E-state index in [0.29, 0.717) is 22.3 Å². The highest BCUT2D eigenvalue weighted by atomic mass is 16.4. The van der Waals surface area contributed by atoms with Gasteiger partial charge in [-0.15, -0.1) is 0 Å². The van der Waals surface area contributed by atoms with Crippen molar-refractivity contribution in [2.45, 2.75) is 26.8 Å². The molecule has 1 aromatic heterocycles. The van der Waals surface area contributed by atoms with Crippen LogP contribution in [-0.4, -0.2) is 20.9 Å². The van der Waals surface area contributed by atoms with Crippen LogP contribution in [0.15, 0.2) is 33.9 Å². The Hall–Kier alpha value is -2.63. The second-order valence-corrected chi connectivity index (χ2v) is 4.92. The largest absolute Gasteiger partial charge is 0.481 e. The number of H-pyrrole nitrogens is 1. The van der Waals surface area contributed by atoms with Crippen LogP contribution in [0.3, 0.4) is 0 Å². The van der Waals surface area contributed by atoms with Crippen LogP contribution in [0, 0.1) is 13.8 Å². The zero-order valence-electron chi connectivity index (χ0n) is 11.8. The number of nitrogens with zero attached hydrogens (tertiary/aromatic N) is 1. The lowest BCUT2D eigenvalue weighted by atomic mass is 10.0. The number of carboxylic acid groups (broad SMARTS) is 1. The monoisotopic (exact) mass is 288 g/mol. The number of aromatic amines is 1. The van der Waals surface area contributed by atoms with Gasteiger partial charge in [0.15, 0.2) is 0 Å². The molecule has 1 heterocycles. The van der Waals surface area contributed by atoms with E-state index in [2.05, 4.69) is 5.10 Å². The van der Waals surface area contributed by atoms with Crippen LogP contribution in [0.4, 0.5) is 0 Å². The minimum Gasteiger partial charge on any atom is -0.481 e. The molecule has 0 saturated carbocycles. The zero-order valence-corrected chi connectivity index (χ0v) is 11.8. The Morgan fingerprint density at radius 3 is 2.38 bits per heavy atom. The highest BCUT2D eigenvalue weighted by molar-refractivity contribution is 5.70. The summed E-state index contributed by atoms with van der Waals surface area (Å²) in [5.74, 6) is -0.941. The number of benzene rings is 1. The van der Waals surface area contributed by atoms with Crippen LogP contribution in [0.25, 0.3) is 0 Å². The number of nitrogens with one attached hydrogen (secondary N) is 1. The summed E-state index contributed by atoms with van der Waals surface area (Å²) in [6.07, 6.45) is -0.125. The molecule has 0 saturated heterocycles. The molecular weight excluding hydrogens is 272 g/mol. The van der Waals surface area contributed by atoms with Crippen LogP contribution in [0.1, 0.15) is 22.3 Å². The van der Waals surface area contributed by atoms with Gasteiger partial charge in [0.2, 0.25) is 0 Å². The normalized spacial score (nSPS) is 10.6. The van der Waals surface area contributed by atoms with E-state index in [4.69, 9.17) is 5.11 Å². The van der Waals surface area contributed by atoms with E-state index in [9.17, 15) is 14.4 Å². The van der Waals surface area contributed by atoms with Gasteiger partial charge in [0.25, 0.3) is 11.1 Å². The van der Waals surface area contributed by atoms with E-state index < -0.39 is 5.97 Å². The van der Waals surface area contributed by atoms with E-state index >= 15 is 0 Å². The molecule has 0 fully saturated rings. The van der Waals surface area contributed by atoms with Crippen molar-refractivity contribution in [1.29, 1.82) is 0 Å². The standard InChI is InChI=1S/C15H16N2O4/c1-9-10(2)15(21)17(16-14(9)20)8-12-6-4-3-5-11(12)7-13(18)19/h3-6H,7-8H2,1-2H3,(H,16,20)(H,18,19). The molecule has 6 nitrogen and oxygen atoms in total. The van der Waals surface area contributed by atoms with Crippen LogP contribution < -0.4 is 11.1 Å². The van der Waals surface area contributed by atoms with Gasteiger partial charge in [0, 0.05) is 11.1 Å². The molecule has 0 unspecified atom stereocenters. The van der Waals surface area contributed by atoms with Gasteiger partial charge < -0.3 is 5.11 Å². The quantitative estimate of drug-likeness (QED) is 0.871. The molecule has 110 valence electrons. The highest BCUT2D eigenvalue weighted by Crippen LogP contribution is 2.10. The van der Waals surface area contributed by atoms with Gasteiger partial charge in [-0.1, -0.05) is 24.3 Å². The second-order valence-electron chi connectivity index (χ2n) is 4.92. The SMILES string of the molecule is Cc1c(C)c(=O)n(Cc2ccccc2CC(=O)O)[nH]c1=O. The van der Waals surface area contributed by atoms with Crippen molar-refractivity contribution in [2.75, 3.05) is 0 Å². The number of carbonyl (C=O) groups is 1. The summed E-state index contributed by atoms with van der Waals surface area (Å²) >= 11 is 0. The number of hydrogen-bond acceptors (Lipinski definition) is 3. The lowest BCUT2D eigenvalue weighted by Crippen LogP contribution is -2.33. The molecule has 0 aliphatic rings. The zero-order chi connectivity index (χ0) is 15.6. The molecule has 2 aromatic rings. The predicted molar refractivity (Wildman–Crippen MR) is 77.7 cm³/mol. The average Bonchev–Trinajstić information content (AvgIpc) is 2.44. The summed E-state index contributed by atoms with van der Waals surface area (Å²) in [5.41, 5.74) is 1.52. The minimum absolute atomic E-state index is 0.125. The molecular formula is C15H16N2O4. The third kappa shape index (κ3) is 3.10. The number of carboxylic acids is 1. The fraction of sp³-hybridized carbons (Fsp3) is 0.267.